The topological polar surface area (TPSA) is 58.1 Å². The molecule has 0 saturated carbocycles. The van der Waals surface area contributed by atoms with Gasteiger partial charge >= 0.3 is 0 Å². The number of hydrogen-bond donors (Lipinski definition) is 1. The fourth-order valence-electron chi connectivity index (χ4n) is 2.48. The third-order valence-corrected chi connectivity index (χ3v) is 5.46. The molecule has 0 unspecified atom stereocenters. The van der Waals surface area contributed by atoms with E-state index < -0.39 is 0 Å². The second-order valence-electron chi connectivity index (χ2n) is 5.83. The molecular weight excluding hydrogens is 364 g/mol. The molecule has 0 saturated heterocycles. The lowest BCUT2D eigenvalue weighted by Crippen LogP contribution is -2.25. The van der Waals surface area contributed by atoms with Gasteiger partial charge in [-0.25, -0.2) is 9.97 Å². The summed E-state index contributed by atoms with van der Waals surface area (Å²) in [4.78, 5) is 24.3. The molecule has 0 atom stereocenters. The predicted molar refractivity (Wildman–Crippen MR) is 108 cm³/mol. The molecule has 0 bridgehead atoms. The van der Waals surface area contributed by atoms with E-state index in [1.54, 1.807) is 29.3 Å². The highest BCUT2D eigenvalue weighted by molar-refractivity contribution is 7.98. The van der Waals surface area contributed by atoms with Crippen LogP contribution in [0.4, 0.5) is 5.82 Å². The highest BCUT2D eigenvalue weighted by Crippen LogP contribution is 2.26. The molecule has 1 N–H and O–H groups in total. The van der Waals surface area contributed by atoms with Gasteiger partial charge in [-0.1, -0.05) is 18.2 Å². The minimum Gasteiger partial charge on any atom is -0.362 e. The van der Waals surface area contributed by atoms with Gasteiger partial charge in [0, 0.05) is 48.4 Å². The van der Waals surface area contributed by atoms with Crippen molar-refractivity contribution in [3.05, 3.63) is 70.3 Å². The number of rotatable bonds is 7. The van der Waals surface area contributed by atoms with Crippen LogP contribution in [0.15, 0.2) is 58.4 Å². The largest absolute Gasteiger partial charge is 0.362 e. The molecule has 0 fully saturated rings. The Bertz CT molecular complexity index is 865. The van der Waals surface area contributed by atoms with Crippen molar-refractivity contribution in [3.63, 3.8) is 0 Å². The number of carbonyl (C=O) groups excluding carboxylic acids is 1. The zero-order valence-electron chi connectivity index (χ0n) is 14.7. The summed E-state index contributed by atoms with van der Waals surface area (Å²) >= 11 is 3.21. The first-order valence-electron chi connectivity index (χ1n) is 8.13. The van der Waals surface area contributed by atoms with E-state index in [-0.39, 0.29) is 5.91 Å². The van der Waals surface area contributed by atoms with Crippen LogP contribution in [0.1, 0.15) is 21.6 Å². The van der Waals surface area contributed by atoms with Crippen molar-refractivity contribution < 1.29 is 4.79 Å². The number of benzene rings is 1. The number of thioether (sulfide) groups is 1. The molecular formula is C19H20N4OS2. The zero-order valence-corrected chi connectivity index (χ0v) is 16.3. The van der Waals surface area contributed by atoms with E-state index in [1.165, 1.54) is 0 Å². The van der Waals surface area contributed by atoms with Crippen molar-refractivity contribution >= 4 is 34.8 Å². The van der Waals surface area contributed by atoms with E-state index in [4.69, 9.17) is 0 Å². The smallest absolute Gasteiger partial charge is 0.252 e. The summed E-state index contributed by atoms with van der Waals surface area (Å²) in [6.07, 6.45) is 1.76. The first-order valence-corrected chi connectivity index (χ1v) is 10.1. The SMILES string of the molecule is CN(C)c1ncccc1CNC(=O)c1ccccc1SCc1cscn1. The summed E-state index contributed by atoms with van der Waals surface area (Å²) in [6.45, 7) is 0.436. The van der Waals surface area contributed by atoms with Gasteiger partial charge in [0.25, 0.3) is 5.91 Å². The predicted octanol–water partition coefficient (Wildman–Crippen LogP) is 3.83. The Kier molecular flexibility index (Phi) is 6.25. The highest BCUT2D eigenvalue weighted by atomic mass is 32.2. The summed E-state index contributed by atoms with van der Waals surface area (Å²) in [5, 5.41) is 5.04. The molecule has 26 heavy (non-hydrogen) atoms. The maximum Gasteiger partial charge on any atom is 0.252 e. The van der Waals surface area contributed by atoms with Crippen molar-refractivity contribution in [2.24, 2.45) is 0 Å². The second kappa shape index (κ2) is 8.82. The number of amides is 1. The van der Waals surface area contributed by atoms with Crippen LogP contribution >= 0.6 is 23.1 Å². The molecule has 0 aliphatic rings. The number of hydrogen-bond acceptors (Lipinski definition) is 6. The Morgan fingerprint density at radius 2 is 2.04 bits per heavy atom. The Labute approximate surface area is 161 Å². The number of aromatic nitrogens is 2. The molecule has 0 aliphatic carbocycles. The van der Waals surface area contributed by atoms with Gasteiger partial charge in [0.2, 0.25) is 0 Å². The minimum absolute atomic E-state index is 0.0834. The molecule has 0 aliphatic heterocycles. The van der Waals surface area contributed by atoms with Crippen LogP contribution in [0.3, 0.4) is 0 Å². The Morgan fingerprint density at radius 3 is 2.81 bits per heavy atom. The number of pyridine rings is 1. The van der Waals surface area contributed by atoms with E-state index in [1.807, 2.05) is 66.3 Å². The van der Waals surface area contributed by atoms with Gasteiger partial charge in [-0.2, -0.15) is 0 Å². The maximum atomic E-state index is 12.7. The van der Waals surface area contributed by atoms with Crippen LogP contribution in [-0.2, 0) is 12.3 Å². The average Bonchev–Trinajstić information content (AvgIpc) is 3.18. The monoisotopic (exact) mass is 384 g/mol. The third-order valence-electron chi connectivity index (χ3n) is 3.72. The third kappa shape index (κ3) is 4.62. The van der Waals surface area contributed by atoms with E-state index in [0.29, 0.717) is 12.1 Å². The fourth-order valence-corrected chi connectivity index (χ4v) is 4.10. The van der Waals surface area contributed by atoms with Gasteiger partial charge in [0.1, 0.15) is 5.82 Å². The van der Waals surface area contributed by atoms with Gasteiger partial charge in [-0.05, 0) is 18.2 Å². The normalized spacial score (nSPS) is 10.5. The van der Waals surface area contributed by atoms with Crippen LogP contribution in [-0.4, -0.2) is 30.0 Å². The second-order valence-corrected chi connectivity index (χ2v) is 7.56. The van der Waals surface area contributed by atoms with Gasteiger partial charge in [-0.3, -0.25) is 4.79 Å². The van der Waals surface area contributed by atoms with Gasteiger partial charge < -0.3 is 10.2 Å². The van der Waals surface area contributed by atoms with Crippen LogP contribution < -0.4 is 10.2 Å². The maximum absolute atomic E-state index is 12.7. The molecule has 2 aromatic heterocycles. The van der Waals surface area contributed by atoms with Crippen molar-refractivity contribution in [1.82, 2.24) is 15.3 Å². The van der Waals surface area contributed by atoms with Crippen molar-refractivity contribution in [2.45, 2.75) is 17.2 Å². The summed E-state index contributed by atoms with van der Waals surface area (Å²) in [5.74, 6) is 1.53. The zero-order chi connectivity index (χ0) is 18.4. The molecule has 0 radical (unpaired) electrons. The minimum atomic E-state index is -0.0834. The van der Waals surface area contributed by atoms with Crippen molar-refractivity contribution in [2.75, 3.05) is 19.0 Å². The van der Waals surface area contributed by atoms with Gasteiger partial charge in [0.05, 0.1) is 16.8 Å². The van der Waals surface area contributed by atoms with E-state index in [2.05, 4.69) is 15.3 Å². The Hall–Kier alpha value is -2.38. The Balaban J connectivity index is 1.68. The molecule has 1 aromatic carbocycles. The molecule has 5 nitrogen and oxygen atoms in total. The lowest BCUT2D eigenvalue weighted by molar-refractivity contribution is 0.0948. The van der Waals surface area contributed by atoms with Crippen LogP contribution in [0.25, 0.3) is 0 Å². The summed E-state index contributed by atoms with van der Waals surface area (Å²) in [5.41, 5.74) is 4.52. The summed E-state index contributed by atoms with van der Waals surface area (Å²) in [7, 11) is 3.89. The van der Waals surface area contributed by atoms with Crippen LogP contribution in [0, 0.1) is 0 Å². The van der Waals surface area contributed by atoms with Gasteiger partial charge in [-0.15, -0.1) is 23.1 Å². The molecule has 7 heteroatoms. The van der Waals surface area contributed by atoms with Crippen LogP contribution in [0.2, 0.25) is 0 Å². The van der Waals surface area contributed by atoms with Crippen molar-refractivity contribution in [1.29, 1.82) is 0 Å². The molecule has 134 valence electrons. The number of nitrogens with zero attached hydrogens (tertiary/aromatic N) is 3. The molecule has 2 heterocycles. The van der Waals surface area contributed by atoms with Gasteiger partial charge in [0.15, 0.2) is 0 Å². The molecule has 1 amide bonds. The standard InChI is InChI=1S/C19H20N4OS2/c1-23(2)18-14(6-5-9-20-18)10-21-19(24)16-7-3-4-8-17(16)26-12-15-11-25-13-22-15/h3-9,11,13H,10,12H2,1-2H3,(H,21,24). The Morgan fingerprint density at radius 1 is 1.19 bits per heavy atom. The fraction of sp³-hybridized carbons (Fsp3) is 0.211. The molecule has 3 rings (SSSR count). The highest BCUT2D eigenvalue weighted by Gasteiger charge is 2.13. The number of nitrogens with one attached hydrogen (secondary N) is 1. The lowest BCUT2D eigenvalue weighted by Gasteiger charge is -2.16. The van der Waals surface area contributed by atoms with E-state index in [9.17, 15) is 4.79 Å². The first kappa shape index (κ1) is 18.4. The van der Waals surface area contributed by atoms with Crippen LogP contribution in [0.5, 0.6) is 0 Å². The first-order chi connectivity index (χ1) is 12.6. The molecule has 0 spiro atoms. The number of anilines is 1. The number of carbonyl (C=O) groups is 1. The van der Waals surface area contributed by atoms with Crippen molar-refractivity contribution in [3.8, 4) is 0 Å². The average molecular weight is 385 g/mol. The quantitative estimate of drug-likeness (QED) is 0.628. The summed E-state index contributed by atoms with van der Waals surface area (Å²) in [6, 6.07) is 11.5. The summed E-state index contributed by atoms with van der Waals surface area (Å²) < 4.78 is 0. The number of thiazole rings is 1. The lowest BCUT2D eigenvalue weighted by atomic mass is 10.2. The molecule has 3 aromatic rings. The van der Waals surface area contributed by atoms with E-state index >= 15 is 0 Å². The van der Waals surface area contributed by atoms with E-state index in [0.717, 1.165) is 27.7 Å².